The second-order valence-corrected chi connectivity index (χ2v) is 4.33. The molecule has 0 saturated carbocycles. The van der Waals surface area contributed by atoms with Crippen LogP contribution in [0.25, 0.3) is 0 Å². The van der Waals surface area contributed by atoms with Crippen molar-refractivity contribution in [1.82, 2.24) is 0 Å². The van der Waals surface area contributed by atoms with Crippen LogP contribution in [-0.2, 0) is 6.18 Å². The quantitative estimate of drug-likeness (QED) is 0.591. The molecule has 0 unspecified atom stereocenters. The lowest BCUT2D eigenvalue weighted by Crippen LogP contribution is -2.06. The summed E-state index contributed by atoms with van der Waals surface area (Å²) < 4.78 is 37.1. The molecule has 1 aromatic rings. The van der Waals surface area contributed by atoms with E-state index >= 15 is 0 Å². The predicted molar refractivity (Wildman–Crippen MR) is 51.9 cm³/mol. The van der Waals surface area contributed by atoms with Crippen LogP contribution in [0.3, 0.4) is 0 Å². The Labute approximate surface area is 94.3 Å². The first kappa shape index (κ1) is 11.3. The highest BCUT2D eigenvalue weighted by atomic mass is 79.9. The summed E-state index contributed by atoms with van der Waals surface area (Å²) in [5, 5.41) is 0.0439. The van der Waals surface area contributed by atoms with Crippen LogP contribution in [0.15, 0.2) is 21.1 Å². The maximum Gasteiger partial charge on any atom is 0.417 e. The van der Waals surface area contributed by atoms with Crippen LogP contribution in [0.1, 0.15) is 5.56 Å². The molecule has 0 nitrogen and oxygen atoms in total. The lowest BCUT2D eigenvalue weighted by Gasteiger charge is -2.10. The van der Waals surface area contributed by atoms with Crippen LogP contribution in [0.4, 0.5) is 13.2 Å². The molecule has 0 saturated heterocycles. The van der Waals surface area contributed by atoms with Crippen LogP contribution >= 0.6 is 43.5 Å². The summed E-state index contributed by atoms with van der Waals surface area (Å²) in [5.74, 6) is 0. The SMILES string of the molecule is FC(F)(F)c1cc(Cl)cc(Br)c1Br. The second kappa shape index (κ2) is 3.79. The molecule has 72 valence electrons. The average Bonchev–Trinajstić information content (AvgIpc) is 1.94. The zero-order valence-electron chi connectivity index (χ0n) is 5.92. The van der Waals surface area contributed by atoms with Gasteiger partial charge in [-0.05, 0) is 44.0 Å². The molecule has 0 heterocycles. The molecule has 0 aliphatic rings. The molecule has 1 rings (SSSR count). The topological polar surface area (TPSA) is 0 Å². The lowest BCUT2D eigenvalue weighted by atomic mass is 10.2. The van der Waals surface area contributed by atoms with E-state index in [4.69, 9.17) is 11.6 Å². The second-order valence-electron chi connectivity index (χ2n) is 2.25. The van der Waals surface area contributed by atoms with Crippen molar-refractivity contribution in [2.75, 3.05) is 0 Å². The molecule has 0 atom stereocenters. The molecule has 0 aliphatic heterocycles. The fourth-order valence-electron chi connectivity index (χ4n) is 0.762. The molecule has 13 heavy (non-hydrogen) atoms. The first-order valence-electron chi connectivity index (χ1n) is 3.04. The Morgan fingerprint density at radius 3 is 2.15 bits per heavy atom. The molecule has 0 spiro atoms. The maximum absolute atomic E-state index is 12.3. The zero-order chi connectivity index (χ0) is 10.2. The van der Waals surface area contributed by atoms with Crippen molar-refractivity contribution >= 4 is 43.5 Å². The van der Waals surface area contributed by atoms with E-state index in [9.17, 15) is 13.2 Å². The Morgan fingerprint density at radius 1 is 1.15 bits per heavy atom. The summed E-state index contributed by atoms with van der Waals surface area (Å²) in [6.07, 6.45) is -4.40. The van der Waals surface area contributed by atoms with E-state index in [1.165, 1.54) is 6.07 Å². The molecule has 1 aromatic carbocycles. The number of hydrogen-bond donors (Lipinski definition) is 0. The normalized spacial score (nSPS) is 11.8. The van der Waals surface area contributed by atoms with E-state index < -0.39 is 11.7 Å². The number of benzene rings is 1. The third-order valence-electron chi connectivity index (χ3n) is 1.30. The minimum Gasteiger partial charge on any atom is -0.166 e. The molecule has 0 N–H and O–H groups in total. The van der Waals surface area contributed by atoms with Crippen molar-refractivity contribution in [3.8, 4) is 0 Å². The maximum atomic E-state index is 12.3. The van der Waals surface area contributed by atoms with Gasteiger partial charge in [-0.2, -0.15) is 13.2 Å². The highest BCUT2D eigenvalue weighted by molar-refractivity contribution is 9.13. The third kappa shape index (κ3) is 2.60. The number of alkyl halides is 3. The van der Waals surface area contributed by atoms with Crippen LogP contribution in [0, 0.1) is 0 Å². The first-order chi connectivity index (χ1) is 5.82. The minimum absolute atomic E-state index is 0.0376. The molecule has 0 radical (unpaired) electrons. The van der Waals surface area contributed by atoms with Crippen molar-refractivity contribution in [2.45, 2.75) is 6.18 Å². The summed E-state index contributed by atoms with van der Waals surface area (Å²) in [5.41, 5.74) is -0.785. The highest BCUT2D eigenvalue weighted by Gasteiger charge is 2.34. The van der Waals surface area contributed by atoms with Crippen LogP contribution in [-0.4, -0.2) is 0 Å². The van der Waals surface area contributed by atoms with E-state index in [0.717, 1.165) is 6.07 Å². The van der Waals surface area contributed by atoms with Crippen molar-refractivity contribution < 1.29 is 13.2 Å². The molecule has 0 bridgehead atoms. The van der Waals surface area contributed by atoms with Crippen LogP contribution in [0.2, 0.25) is 5.02 Å². The molecule has 0 aromatic heterocycles. The Bertz CT molecular complexity index is 335. The lowest BCUT2D eigenvalue weighted by molar-refractivity contribution is -0.138. The van der Waals surface area contributed by atoms with Gasteiger partial charge in [0.15, 0.2) is 0 Å². The van der Waals surface area contributed by atoms with Gasteiger partial charge in [0.25, 0.3) is 0 Å². The number of rotatable bonds is 0. The molecular weight excluding hydrogens is 336 g/mol. The van der Waals surface area contributed by atoms with Gasteiger partial charge in [0, 0.05) is 14.0 Å². The molecular formula is C7H2Br2ClF3. The smallest absolute Gasteiger partial charge is 0.166 e. The van der Waals surface area contributed by atoms with E-state index in [2.05, 4.69) is 31.9 Å². The van der Waals surface area contributed by atoms with Gasteiger partial charge in [-0.25, -0.2) is 0 Å². The summed E-state index contributed by atoms with van der Waals surface area (Å²) in [6, 6.07) is 2.26. The minimum atomic E-state index is -4.40. The van der Waals surface area contributed by atoms with Crippen molar-refractivity contribution in [3.63, 3.8) is 0 Å². The van der Waals surface area contributed by atoms with Crippen LogP contribution in [0.5, 0.6) is 0 Å². The third-order valence-corrected chi connectivity index (χ3v) is 3.53. The number of halogens is 6. The van der Waals surface area contributed by atoms with E-state index in [1.54, 1.807) is 0 Å². The monoisotopic (exact) mass is 336 g/mol. The standard InChI is InChI=1S/C7H2Br2ClF3/c8-5-2-3(10)1-4(6(5)9)7(11,12)13/h1-2H. The highest BCUT2D eigenvalue weighted by Crippen LogP contribution is 2.40. The van der Waals surface area contributed by atoms with Gasteiger partial charge in [-0.1, -0.05) is 11.6 Å². The van der Waals surface area contributed by atoms with E-state index in [-0.39, 0.29) is 14.0 Å². The van der Waals surface area contributed by atoms with Gasteiger partial charge in [0.05, 0.1) is 5.56 Å². The van der Waals surface area contributed by atoms with Crippen molar-refractivity contribution in [1.29, 1.82) is 0 Å². The van der Waals surface area contributed by atoms with Crippen LogP contribution < -0.4 is 0 Å². The summed E-state index contributed by atoms with van der Waals surface area (Å²) >= 11 is 11.3. The molecule has 0 aliphatic carbocycles. The average molecular weight is 338 g/mol. The molecule has 0 fully saturated rings. The fourth-order valence-corrected chi connectivity index (χ4v) is 2.03. The molecule has 6 heteroatoms. The Morgan fingerprint density at radius 2 is 1.69 bits per heavy atom. The van der Waals surface area contributed by atoms with Gasteiger partial charge in [-0.15, -0.1) is 0 Å². The summed E-state index contributed by atoms with van der Waals surface area (Å²) in [6.45, 7) is 0. The van der Waals surface area contributed by atoms with Crippen molar-refractivity contribution in [2.24, 2.45) is 0 Å². The molecule has 0 amide bonds. The zero-order valence-corrected chi connectivity index (χ0v) is 9.85. The van der Waals surface area contributed by atoms with Crippen molar-refractivity contribution in [3.05, 3.63) is 31.7 Å². The van der Waals surface area contributed by atoms with E-state index in [1.807, 2.05) is 0 Å². The van der Waals surface area contributed by atoms with Gasteiger partial charge < -0.3 is 0 Å². The van der Waals surface area contributed by atoms with Gasteiger partial charge in [-0.3, -0.25) is 0 Å². The first-order valence-corrected chi connectivity index (χ1v) is 5.00. The number of hydrogen-bond acceptors (Lipinski definition) is 0. The Kier molecular flexibility index (Phi) is 3.30. The van der Waals surface area contributed by atoms with Gasteiger partial charge in [0.1, 0.15) is 0 Å². The van der Waals surface area contributed by atoms with Gasteiger partial charge in [0.2, 0.25) is 0 Å². The van der Waals surface area contributed by atoms with Gasteiger partial charge >= 0.3 is 6.18 Å². The Balaban J connectivity index is 3.37. The summed E-state index contributed by atoms with van der Waals surface area (Å²) in [4.78, 5) is 0. The van der Waals surface area contributed by atoms with E-state index in [0.29, 0.717) is 0 Å². The fraction of sp³-hybridized carbons (Fsp3) is 0.143. The largest absolute Gasteiger partial charge is 0.417 e. The Hall–Kier alpha value is 0.260. The predicted octanol–water partition coefficient (Wildman–Crippen LogP) is 4.88. The summed E-state index contributed by atoms with van der Waals surface area (Å²) in [7, 11) is 0.